The minimum absolute atomic E-state index is 0.0347. The van der Waals surface area contributed by atoms with E-state index in [9.17, 15) is 9.59 Å². The molecule has 0 spiro atoms. The number of carbonyl (C=O) groups is 2. The predicted octanol–water partition coefficient (Wildman–Crippen LogP) is 4.76. The summed E-state index contributed by atoms with van der Waals surface area (Å²) in [6.45, 7) is 5.96. The standard InChI is InChI=1S/C22H22N2O4/c1-4-27-17-9-10-20-18(12-17)21(19(13-23-20)22(26)28-5-2)24-16-8-6-7-15(11-16)14(3)25/h6-13H,4-5H2,1-3H3,(H,23,24). The summed E-state index contributed by atoms with van der Waals surface area (Å²) in [6.07, 6.45) is 1.50. The van der Waals surface area contributed by atoms with Gasteiger partial charge in [0.05, 0.1) is 24.4 Å². The molecule has 0 bridgehead atoms. The molecule has 0 aliphatic carbocycles. The Balaban J connectivity index is 2.16. The average molecular weight is 378 g/mol. The van der Waals surface area contributed by atoms with Gasteiger partial charge in [0.15, 0.2) is 5.78 Å². The van der Waals surface area contributed by atoms with E-state index in [-0.39, 0.29) is 12.4 Å². The van der Waals surface area contributed by atoms with Crippen LogP contribution >= 0.6 is 0 Å². The van der Waals surface area contributed by atoms with Crippen LogP contribution in [0.3, 0.4) is 0 Å². The zero-order chi connectivity index (χ0) is 20.1. The molecule has 0 atom stereocenters. The van der Waals surface area contributed by atoms with Gasteiger partial charge in [0.25, 0.3) is 0 Å². The molecule has 2 aromatic carbocycles. The van der Waals surface area contributed by atoms with E-state index in [0.29, 0.717) is 40.4 Å². The number of rotatable bonds is 7. The van der Waals surface area contributed by atoms with Crippen molar-refractivity contribution in [3.05, 3.63) is 59.8 Å². The van der Waals surface area contributed by atoms with Gasteiger partial charge in [-0.05, 0) is 51.1 Å². The number of pyridine rings is 1. The number of hydrogen-bond donors (Lipinski definition) is 1. The lowest BCUT2D eigenvalue weighted by Crippen LogP contribution is -2.09. The van der Waals surface area contributed by atoms with Gasteiger partial charge in [-0.25, -0.2) is 4.79 Å². The van der Waals surface area contributed by atoms with Gasteiger partial charge >= 0.3 is 5.97 Å². The van der Waals surface area contributed by atoms with E-state index in [4.69, 9.17) is 9.47 Å². The van der Waals surface area contributed by atoms with Crippen molar-refractivity contribution in [1.29, 1.82) is 0 Å². The van der Waals surface area contributed by atoms with E-state index < -0.39 is 5.97 Å². The molecule has 0 amide bonds. The van der Waals surface area contributed by atoms with E-state index >= 15 is 0 Å². The summed E-state index contributed by atoms with van der Waals surface area (Å²) in [4.78, 5) is 28.6. The Bertz CT molecular complexity index is 1030. The van der Waals surface area contributed by atoms with E-state index in [1.54, 1.807) is 25.1 Å². The lowest BCUT2D eigenvalue weighted by Gasteiger charge is -2.15. The van der Waals surface area contributed by atoms with Crippen LogP contribution in [0, 0.1) is 0 Å². The summed E-state index contributed by atoms with van der Waals surface area (Å²) in [6, 6.07) is 12.6. The first kappa shape index (κ1) is 19.4. The molecular weight excluding hydrogens is 356 g/mol. The number of nitrogens with one attached hydrogen (secondary N) is 1. The highest BCUT2D eigenvalue weighted by Crippen LogP contribution is 2.32. The van der Waals surface area contributed by atoms with Gasteiger partial charge in [-0.2, -0.15) is 0 Å². The Kier molecular flexibility index (Phi) is 5.89. The minimum atomic E-state index is -0.469. The Morgan fingerprint density at radius 1 is 1.07 bits per heavy atom. The van der Waals surface area contributed by atoms with Crippen molar-refractivity contribution in [1.82, 2.24) is 4.98 Å². The van der Waals surface area contributed by atoms with Crippen molar-refractivity contribution in [2.24, 2.45) is 0 Å². The van der Waals surface area contributed by atoms with Crippen LogP contribution in [-0.2, 0) is 4.74 Å². The molecule has 0 saturated carbocycles. The van der Waals surface area contributed by atoms with Crippen LogP contribution in [-0.4, -0.2) is 30.0 Å². The van der Waals surface area contributed by atoms with Gasteiger partial charge in [-0.1, -0.05) is 12.1 Å². The van der Waals surface area contributed by atoms with Crippen molar-refractivity contribution >= 4 is 34.0 Å². The molecule has 6 nitrogen and oxygen atoms in total. The van der Waals surface area contributed by atoms with Crippen molar-refractivity contribution in [3.8, 4) is 5.75 Å². The summed E-state index contributed by atoms with van der Waals surface area (Å²) in [5.41, 5.74) is 2.85. The molecule has 1 heterocycles. The summed E-state index contributed by atoms with van der Waals surface area (Å²) in [5, 5.41) is 4.00. The summed E-state index contributed by atoms with van der Waals surface area (Å²) in [7, 11) is 0. The maximum atomic E-state index is 12.5. The Morgan fingerprint density at radius 2 is 1.89 bits per heavy atom. The molecule has 28 heavy (non-hydrogen) atoms. The number of esters is 1. The number of Topliss-reactive ketones (excluding diaryl/α,β-unsaturated/α-hetero) is 1. The van der Waals surface area contributed by atoms with Gasteiger partial charge in [0.1, 0.15) is 11.3 Å². The highest BCUT2D eigenvalue weighted by atomic mass is 16.5. The molecule has 1 aromatic heterocycles. The van der Waals surface area contributed by atoms with Crippen molar-refractivity contribution in [2.45, 2.75) is 20.8 Å². The topological polar surface area (TPSA) is 77.5 Å². The van der Waals surface area contributed by atoms with E-state index in [0.717, 1.165) is 5.39 Å². The molecule has 3 rings (SSSR count). The third-order valence-corrected chi connectivity index (χ3v) is 4.18. The molecule has 0 radical (unpaired) electrons. The fourth-order valence-electron chi connectivity index (χ4n) is 2.89. The van der Waals surface area contributed by atoms with Crippen LogP contribution in [0.5, 0.6) is 5.75 Å². The third-order valence-electron chi connectivity index (χ3n) is 4.18. The highest BCUT2D eigenvalue weighted by Gasteiger charge is 2.18. The second kappa shape index (κ2) is 8.52. The molecule has 1 N–H and O–H groups in total. The van der Waals surface area contributed by atoms with Crippen molar-refractivity contribution in [3.63, 3.8) is 0 Å². The summed E-state index contributed by atoms with van der Waals surface area (Å²) >= 11 is 0. The Labute approximate surface area is 163 Å². The third kappa shape index (κ3) is 4.11. The highest BCUT2D eigenvalue weighted by molar-refractivity contribution is 6.06. The normalized spacial score (nSPS) is 10.5. The van der Waals surface area contributed by atoms with Gasteiger partial charge in [-0.3, -0.25) is 9.78 Å². The molecule has 6 heteroatoms. The van der Waals surface area contributed by atoms with Crippen LogP contribution < -0.4 is 10.1 Å². The van der Waals surface area contributed by atoms with Crippen LogP contribution in [0.4, 0.5) is 11.4 Å². The number of fused-ring (bicyclic) bond motifs is 1. The summed E-state index contributed by atoms with van der Waals surface area (Å²) < 4.78 is 10.8. The number of carbonyl (C=O) groups excluding carboxylic acids is 2. The molecule has 3 aromatic rings. The number of aromatic nitrogens is 1. The first-order chi connectivity index (χ1) is 13.5. The maximum Gasteiger partial charge on any atom is 0.341 e. The quantitative estimate of drug-likeness (QED) is 0.472. The van der Waals surface area contributed by atoms with Crippen LogP contribution in [0.2, 0.25) is 0 Å². The van der Waals surface area contributed by atoms with Crippen LogP contribution in [0.1, 0.15) is 41.5 Å². The molecule has 0 aliphatic heterocycles. The van der Waals surface area contributed by atoms with E-state index in [2.05, 4.69) is 10.3 Å². The zero-order valence-corrected chi connectivity index (χ0v) is 16.1. The number of anilines is 2. The van der Waals surface area contributed by atoms with Crippen molar-refractivity contribution < 1.29 is 19.1 Å². The van der Waals surface area contributed by atoms with E-state index in [1.165, 1.54) is 13.1 Å². The molecule has 0 aliphatic rings. The van der Waals surface area contributed by atoms with E-state index in [1.807, 2.05) is 31.2 Å². The first-order valence-electron chi connectivity index (χ1n) is 9.14. The SMILES string of the molecule is CCOC(=O)c1cnc2ccc(OCC)cc2c1Nc1cccc(C(C)=O)c1. The van der Waals surface area contributed by atoms with Gasteiger partial charge in [0, 0.05) is 22.8 Å². The molecule has 0 unspecified atom stereocenters. The average Bonchev–Trinajstić information content (AvgIpc) is 2.69. The molecule has 0 saturated heterocycles. The molecule has 0 fully saturated rings. The van der Waals surface area contributed by atoms with Gasteiger partial charge < -0.3 is 14.8 Å². The van der Waals surface area contributed by atoms with Gasteiger partial charge in [0.2, 0.25) is 0 Å². The van der Waals surface area contributed by atoms with Crippen molar-refractivity contribution in [2.75, 3.05) is 18.5 Å². The lowest BCUT2D eigenvalue weighted by molar-refractivity contribution is 0.0527. The zero-order valence-electron chi connectivity index (χ0n) is 16.1. The Morgan fingerprint density at radius 3 is 2.61 bits per heavy atom. The number of ether oxygens (including phenoxy) is 2. The Hall–Kier alpha value is -3.41. The number of hydrogen-bond acceptors (Lipinski definition) is 6. The fraction of sp³-hybridized carbons (Fsp3) is 0.227. The smallest absolute Gasteiger partial charge is 0.341 e. The fourth-order valence-corrected chi connectivity index (χ4v) is 2.89. The summed E-state index contributed by atoms with van der Waals surface area (Å²) in [5.74, 6) is 0.176. The molecular formula is C22H22N2O4. The van der Waals surface area contributed by atoms with Crippen LogP contribution in [0.15, 0.2) is 48.7 Å². The predicted molar refractivity (Wildman–Crippen MR) is 109 cm³/mol. The second-order valence-electron chi connectivity index (χ2n) is 6.14. The number of nitrogens with zero attached hydrogens (tertiary/aromatic N) is 1. The van der Waals surface area contributed by atoms with Crippen LogP contribution in [0.25, 0.3) is 10.9 Å². The van der Waals surface area contributed by atoms with Gasteiger partial charge in [-0.15, -0.1) is 0 Å². The number of ketones is 1. The lowest BCUT2D eigenvalue weighted by atomic mass is 10.1. The molecule has 144 valence electrons. The largest absolute Gasteiger partial charge is 0.494 e. The first-order valence-corrected chi connectivity index (χ1v) is 9.14. The number of benzene rings is 2. The second-order valence-corrected chi connectivity index (χ2v) is 6.14. The monoisotopic (exact) mass is 378 g/mol. The maximum absolute atomic E-state index is 12.5. The minimum Gasteiger partial charge on any atom is -0.494 e.